The molecule has 4 heterocycles. The Morgan fingerprint density at radius 3 is 1.37 bits per heavy atom. The smallest absolute Gasteiger partial charge is 0.398 e. The predicted molar refractivity (Wildman–Crippen MR) is 160 cm³/mol. The molecule has 298 valence electrons. The fraction of sp³-hybridized carbons (Fsp3) is 0.750. The third kappa shape index (κ3) is 10.6. The number of ether oxygens (including phenoxy) is 3. The Kier molecular flexibility index (Phi) is 14.2. The van der Waals surface area contributed by atoms with Gasteiger partial charge in [0.2, 0.25) is 0 Å². The third-order valence-electron chi connectivity index (χ3n) is 9.21. The summed E-state index contributed by atoms with van der Waals surface area (Å²) in [6, 6.07) is -1.40. The van der Waals surface area contributed by atoms with Crippen LogP contribution >= 0.6 is 0 Å². The van der Waals surface area contributed by atoms with Gasteiger partial charge in [0, 0.05) is 18.7 Å². The molecule has 0 aliphatic carbocycles. The lowest BCUT2D eigenvalue weighted by atomic mass is 10.1. The number of rotatable bonds is 10. The summed E-state index contributed by atoms with van der Waals surface area (Å²) < 4.78 is 189. The zero-order valence-electron chi connectivity index (χ0n) is 28.0. The average molecular weight is 777 g/mol. The Balaban J connectivity index is 1.49. The van der Waals surface area contributed by atoms with Crippen molar-refractivity contribution in [2.24, 2.45) is 0 Å². The van der Waals surface area contributed by atoms with E-state index in [0.29, 0.717) is 25.2 Å². The van der Waals surface area contributed by atoms with Crippen LogP contribution in [0.15, 0.2) is 36.4 Å². The second-order valence-electron chi connectivity index (χ2n) is 13.1. The van der Waals surface area contributed by atoms with Crippen LogP contribution in [0.4, 0.5) is 57.1 Å². The first-order chi connectivity index (χ1) is 24.2. The Bertz CT molecular complexity index is 1270. The van der Waals surface area contributed by atoms with E-state index in [1.807, 2.05) is 0 Å². The monoisotopic (exact) mass is 776 g/mol. The van der Waals surface area contributed by atoms with Gasteiger partial charge in [0.25, 0.3) is 0 Å². The van der Waals surface area contributed by atoms with Crippen molar-refractivity contribution in [3.8, 4) is 0 Å². The fourth-order valence-corrected chi connectivity index (χ4v) is 6.52. The van der Waals surface area contributed by atoms with Crippen molar-refractivity contribution >= 4 is 0 Å². The Morgan fingerprint density at radius 2 is 0.981 bits per heavy atom. The molecule has 4 aliphatic heterocycles. The number of hydrogen-bond donors (Lipinski definition) is 0. The van der Waals surface area contributed by atoms with Gasteiger partial charge in [0.15, 0.2) is 0 Å². The van der Waals surface area contributed by atoms with Crippen LogP contribution in [0, 0.1) is 0 Å². The third-order valence-corrected chi connectivity index (χ3v) is 9.21. The zero-order chi connectivity index (χ0) is 38.4. The number of benzene rings is 1. The highest BCUT2D eigenvalue weighted by atomic mass is 19.4. The second kappa shape index (κ2) is 17.4. The van der Waals surface area contributed by atoms with Crippen molar-refractivity contribution in [1.29, 1.82) is 0 Å². The molecular weight excluding hydrogens is 735 g/mol. The molecule has 0 amide bonds. The molecule has 0 N–H and O–H groups in total. The lowest BCUT2D eigenvalue weighted by Crippen LogP contribution is -2.62. The highest BCUT2D eigenvalue weighted by molar-refractivity contribution is 5.27. The van der Waals surface area contributed by atoms with Gasteiger partial charge < -0.3 is 29.1 Å². The SMILES string of the molecule is FC(F)=C(F)OC(F)(F)C(F)(OC(F)(F)C(F)(F)c1ccc(COC2CN3CCCN4CCCN(CCC3)CCCN(CCC4)C2)cc1)C(F)(F)F. The normalized spacial score (nSPS) is 27.4. The van der Waals surface area contributed by atoms with Crippen molar-refractivity contribution in [1.82, 2.24) is 19.6 Å². The van der Waals surface area contributed by atoms with E-state index in [4.69, 9.17) is 4.74 Å². The second-order valence-corrected chi connectivity index (χ2v) is 13.1. The van der Waals surface area contributed by atoms with E-state index in [-0.39, 0.29) is 18.3 Å². The molecule has 0 saturated carbocycles. The summed E-state index contributed by atoms with van der Waals surface area (Å²) in [5.41, 5.74) is -1.61. The van der Waals surface area contributed by atoms with Gasteiger partial charge in [0.1, 0.15) is 0 Å². The highest BCUT2D eigenvalue weighted by Crippen LogP contribution is 2.54. The Hall–Kier alpha value is -2.39. The summed E-state index contributed by atoms with van der Waals surface area (Å²) in [5.74, 6) is -13.1. The maximum atomic E-state index is 14.9. The summed E-state index contributed by atoms with van der Waals surface area (Å²) in [6.07, 6.45) is -20.3. The molecule has 20 heteroatoms. The molecule has 4 aliphatic rings. The van der Waals surface area contributed by atoms with E-state index in [1.165, 1.54) is 0 Å². The lowest BCUT2D eigenvalue weighted by molar-refractivity contribution is -0.518. The van der Waals surface area contributed by atoms with Crippen LogP contribution in [0.5, 0.6) is 0 Å². The van der Waals surface area contributed by atoms with Crippen molar-refractivity contribution < 1.29 is 71.3 Å². The van der Waals surface area contributed by atoms with Crippen LogP contribution in [0.3, 0.4) is 0 Å². The largest absolute Gasteiger partial charge is 0.471 e. The first-order valence-electron chi connectivity index (χ1n) is 16.8. The van der Waals surface area contributed by atoms with Crippen LogP contribution in [0.2, 0.25) is 0 Å². The molecule has 4 bridgehead atoms. The van der Waals surface area contributed by atoms with Crippen LogP contribution in [-0.2, 0) is 26.7 Å². The van der Waals surface area contributed by atoms with Gasteiger partial charge in [-0.2, -0.15) is 57.1 Å². The summed E-state index contributed by atoms with van der Waals surface area (Å²) in [6.45, 7) is 10.1. The van der Waals surface area contributed by atoms with Gasteiger partial charge in [-0.25, -0.2) is 0 Å². The molecule has 7 nitrogen and oxygen atoms in total. The minimum atomic E-state index is -7.32. The Labute approximate surface area is 292 Å². The summed E-state index contributed by atoms with van der Waals surface area (Å²) >= 11 is 0. The molecule has 1 atom stereocenters. The number of nitrogens with zero attached hydrogens (tertiary/aromatic N) is 4. The fourth-order valence-electron chi connectivity index (χ4n) is 6.52. The van der Waals surface area contributed by atoms with Gasteiger partial charge in [-0.1, -0.05) is 24.3 Å². The van der Waals surface area contributed by atoms with Gasteiger partial charge in [0.05, 0.1) is 12.7 Å². The summed E-state index contributed by atoms with van der Waals surface area (Å²) in [5, 5.41) is 0. The molecule has 1 aromatic rings. The zero-order valence-corrected chi connectivity index (χ0v) is 28.0. The molecule has 1 unspecified atom stereocenters. The quantitative estimate of drug-likeness (QED) is 0.182. The average Bonchev–Trinajstić information content (AvgIpc) is 3.03. The van der Waals surface area contributed by atoms with Crippen molar-refractivity contribution in [2.75, 3.05) is 78.5 Å². The van der Waals surface area contributed by atoms with Crippen molar-refractivity contribution in [2.45, 2.75) is 75.0 Å². The van der Waals surface area contributed by atoms with Crippen molar-refractivity contribution in [3.05, 3.63) is 47.5 Å². The van der Waals surface area contributed by atoms with E-state index >= 15 is 0 Å². The molecule has 4 saturated heterocycles. The summed E-state index contributed by atoms with van der Waals surface area (Å²) in [4.78, 5) is 9.64. The number of halogens is 13. The Morgan fingerprint density at radius 1 is 0.577 bits per heavy atom. The van der Waals surface area contributed by atoms with Gasteiger partial charge in [-0.3, -0.25) is 4.74 Å². The highest BCUT2D eigenvalue weighted by Gasteiger charge is 2.81. The predicted octanol–water partition coefficient (Wildman–Crippen LogP) is 7.34. The molecule has 5 rings (SSSR count). The topological polar surface area (TPSA) is 40.7 Å². The van der Waals surface area contributed by atoms with E-state index in [1.54, 1.807) is 0 Å². The van der Waals surface area contributed by atoms with Crippen LogP contribution in [0.1, 0.15) is 43.2 Å². The van der Waals surface area contributed by atoms with Gasteiger partial charge >= 0.3 is 42.3 Å². The first kappa shape index (κ1) is 42.4. The van der Waals surface area contributed by atoms with Crippen LogP contribution in [-0.4, -0.2) is 128 Å². The van der Waals surface area contributed by atoms with Crippen LogP contribution in [0.25, 0.3) is 0 Å². The molecule has 52 heavy (non-hydrogen) atoms. The first-order valence-corrected chi connectivity index (χ1v) is 16.8. The van der Waals surface area contributed by atoms with E-state index in [2.05, 4.69) is 29.1 Å². The number of alkyl halides is 10. The number of fused-ring (bicyclic) bond motifs is 12. The van der Waals surface area contributed by atoms with E-state index < -0.39 is 47.8 Å². The van der Waals surface area contributed by atoms with Gasteiger partial charge in [-0.15, -0.1) is 0 Å². The van der Waals surface area contributed by atoms with Gasteiger partial charge in [-0.05, 0) is 103 Å². The molecule has 0 spiro atoms. The van der Waals surface area contributed by atoms with E-state index in [9.17, 15) is 57.1 Å². The summed E-state index contributed by atoms with van der Waals surface area (Å²) in [7, 11) is 0. The van der Waals surface area contributed by atoms with Crippen LogP contribution < -0.4 is 0 Å². The molecule has 4 fully saturated rings. The minimum Gasteiger partial charge on any atom is -0.398 e. The minimum absolute atomic E-state index is 0.174. The molecule has 0 aromatic heterocycles. The van der Waals surface area contributed by atoms with Crippen molar-refractivity contribution in [3.63, 3.8) is 0 Å². The lowest BCUT2D eigenvalue weighted by Gasteiger charge is -2.37. The molecule has 0 radical (unpaired) electrons. The molecule has 1 aromatic carbocycles. The maximum Gasteiger partial charge on any atom is 0.471 e. The number of hydrogen-bond acceptors (Lipinski definition) is 7. The van der Waals surface area contributed by atoms with E-state index in [0.717, 1.165) is 110 Å². The maximum absolute atomic E-state index is 14.9. The molecular formula is C32H41F13N4O3. The standard InChI is InChI=1S/C32H41F13N4O3/c33-26(34)27(35)51-32(44,45)29(38,30(39,40)41)52-31(42,43)28(36,37)24-8-6-23(7-9-24)22-50-25-20-48-16-2-12-46-10-1-11-47(14-4-17-48)15-5-19-49(21-25)18-3-13-46/h6-9,25H,1-5,10-22H2.